The lowest BCUT2D eigenvalue weighted by Crippen LogP contribution is -2.42. The van der Waals surface area contributed by atoms with Gasteiger partial charge in [0.05, 0.1) is 18.4 Å². The molecule has 0 aliphatic carbocycles. The van der Waals surface area contributed by atoms with Crippen molar-refractivity contribution in [1.82, 2.24) is 14.9 Å². The van der Waals surface area contributed by atoms with E-state index in [0.29, 0.717) is 6.42 Å². The fourth-order valence-electron chi connectivity index (χ4n) is 2.50. The molecule has 0 radical (unpaired) electrons. The minimum Gasteiger partial charge on any atom is -0.467 e. The average Bonchev–Trinajstić information content (AvgIpc) is 3.13. The van der Waals surface area contributed by atoms with Crippen LogP contribution in [0.2, 0.25) is 0 Å². The van der Waals surface area contributed by atoms with Gasteiger partial charge < -0.3 is 14.6 Å². The molecular weight excluding hydrogens is 340 g/mol. The molecule has 2 rings (SSSR count). The van der Waals surface area contributed by atoms with Crippen molar-refractivity contribution in [3.63, 3.8) is 0 Å². The van der Waals surface area contributed by atoms with Crippen LogP contribution in [0.4, 0.5) is 5.69 Å². The van der Waals surface area contributed by atoms with Crippen molar-refractivity contribution in [3.05, 3.63) is 52.6 Å². The molecule has 1 unspecified atom stereocenters. The number of amides is 1. The molecule has 1 aromatic heterocycles. The van der Waals surface area contributed by atoms with E-state index in [0.717, 1.165) is 0 Å². The van der Waals surface area contributed by atoms with E-state index in [1.54, 1.807) is 6.20 Å². The van der Waals surface area contributed by atoms with Gasteiger partial charge in [-0.05, 0) is 24.5 Å². The molecule has 0 bridgehead atoms. The highest BCUT2D eigenvalue weighted by atomic mass is 16.6. The van der Waals surface area contributed by atoms with Crippen LogP contribution in [-0.2, 0) is 9.53 Å². The van der Waals surface area contributed by atoms with Crippen LogP contribution in [-0.4, -0.2) is 39.5 Å². The Hall–Kier alpha value is -3.23. The molecule has 0 aliphatic heterocycles. The molecule has 1 heterocycles. The maximum atomic E-state index is 12.5. The summed E-state index contributed by atoms with van der Waals surface area (Å²) in [5.74, 6) is -0.990. The van der Waals surface area contributed by atoms with Gasteiger partial charge in [0.2, 0.25) is 0 Å². The topological polar surface area (TPSA) is 116 Å². The Labute approximate surface area is 150 Å². The molecule has 1 N–H and O–H groups in total. The summed E-state index contributed by atoms with van der Waals surface area (Å²) in [7, 11) is 1.24. The van der Waals surface area contributed by atoms with E-state index in [1.807, 2.05) is 13.8 Å². The lowest BCUT2D eigenvalue weighted by Gasteiger charge is -2.18. The summed E-state index contributed by atoms with van der Waals surface area (Å²) in [4.78, 5) is 39.0. The number of aromatic nitrogens is 2. The number of carbonyl (C=O) groups excluding carboxylic acids is 2. The molecule has 0 saturated heterocycles. The van der Waals surface area contributed by atoms with E-state index < -0.39 is 22.8 Å². The number of carbonyl (C=O) groups is 2. The fraction of sp³-hybridized carbons (Fsp3) is 0.353. The van der Waals surface area contributed by atoms with Crippen LogP contribution in [0.5, 0.6) is 0 Å². The molecule has 1 atom stereocenters. The third kappa shape index (κ3) is 4.44. The SMILES string of the molecule is COC(=O)C(CC(C)C)NC(=O)c1ccc(-n2ccnc2)c([N+](=O)[O-])c1. The second kappa shape index (κ2) is 8.24. The van der Waals surface area contributed by atoms with E-state index in [1.165, 1.54) is 42.4 Å². The summed E-state index contributed by atoms with van der Waals surface area (Å²) in [6, 6.07) is 3.28. The summed E-state index contributed by atoms with van der Waals surface area (Å²) >= 11 is 0. The molecule has 9 heteroatoms. The van der Waals surface area contributed by atoms with E-state index in [9.17, 15) is 19.7 Å². The van der Waals surface area contributed by atoms with Crippen molar-refractivity contribution in [3.8, 4) is 5.69 Å². The number of rotatable bonds is 7. The van der Waals surface area contributed by atoms with Crippen molar-refractivity contribution in [2.24, 2.45) is 5.92 Å². The zero-order valence-corrected chi connectivity index (χ0v) is 14.7. The summed E-state index contributed by atoms with van der Waals surface area (Å²) in [6.45, 7) is 3.82. The monoisotopic (exact) mass is 360 g/mol. The highest BCUT2D eigenvalue weighted by Gasteiger charge is 2.25. The van der Waals surface area contributed by atoms with Crippen molar-refractivity contribution >= 4 is 17.6 Å². The van der Waals surface area contributed by atoms with Gasteiger partial charge >= 0.3 is 5.97 Å². The number of benzene rings is 1. The maximum Gasteiger partial charge on any atom is 0.328 e. The minimum absolute atomic E-state index is 0.0817. The van der Waals surface area contributed by atoms with Gasteiger partial charge in [0.25, 0.3) is 11.6 Å². The van der Waals surface area contributed by atoms with Gasteiger partial charge in [0, 0.05) is 24.0 Å². The zero-order chi connectivity index (χ0) is 19.3. The van der Waals surface area contributed by atoms with Gasteiger partial charge in [-0.25, -0.2) is 9.78 Å². The average molecular weight is 360 g/mol. The Morgan fingerprint density at radius 3 is 2.65 bits per heavy atom. The molecule has 2 aromatic rings. The highest BCUT2D eigenvalue weighted by Crippen LogP contribution is 2.24. The number of nitro groups is 1. The van der Waals surface area contributed by atoms with Gasteiger partial charge in [-0.2, -0.15) is 0 Å². The quantitative estimate of drug-likeness (QED) is 0.459. The van der Waals surface area contributed by atoms with Crippen LogP contribution in [0, 0.1) is 16.0 Å². The number of imidazole rings is 1. The normalized spacial score (nSPS) is 11.8. The number of methoxy groups -OCH3 is 1. The number of hydrogen-bond donors (Lipinski definition) is 1. The number of nitrogens with one attached hydrogen (secondary N) is 1. The summed E-state index contributed by atoms with van der Waals surface area (Å²) in [5.41, 5.74) is 0.128. The molecule has 1 amide bonds. The van der Waals surface area contributed by atoms with Gasteiger partial charge in [-0.3, -0.25) is 14.9 Å². The van der Waals surface area contributed by atoms with Crippen molar-refractivity contribution in [1.29, 1.82) is 0 Å². The molecule has 26 heavy (non-hydrogen) atoms. The van der Waals surface area contributed by atoms with Crippen LogP contribution in [0.25, 0.3) is 5.69 Å². The minimum atomic E-state index is -0.820. The van der Waals surface area contributed by atoms with Gasteiger partial charge in [0.15, 0.2) is 0 Å². The van der Waals surface area contributed by atoms with Crippen molar-refractivity contribution < 1.29 is 19.2 Å². The summed E-state index contributed by atoms with van der Waals surface area (Å²) in [5, 5.41) is 14.0. The lowest BCUT2D eigenvalue weighted by atomic mass is 10.0. The molecule has 138 valence electrons. The molecular formula is C17H20N4O5. The third-order valence-electron chi connectivity index (χ3n) is 3.72. The van der Waals surface area contributed by atoms with Gasteiger partial charge in [-0.15, -0.1) is 0 Å². The fourth-order valence-corrected chi connectivity index (χ4v) is 2.50. The smallest absolute Gasteiger partial charge is 0.328 e. The number of nitrogens with zero attached hydrogens (tertiary/aromatic N) is 3. The van der Waals surface area contributed by atoms with Crippen LogP contribution in [0.3, 0.4) is 0 Å². The van der Waals surface area contributed by atoms with Crippen LogP contribution >= 0.6 is 0 Å². The van der Waals surface area contributed by atoms with E-state index in [2.05, 4.69) is 10.3 Å². The van der Waals surface area contributed by atoms with Crippen LogP contribution in [0.15, 0.2) is 36.9 Å². The van der Waals surface area contributed by atoms with Crippen molar-refractivity contribution in [2.45, 2.75) is 26.3 Å². The number of nitro benzene ring substituents is 1. The van der Waals surface area contributed by atoms with Gasteiger partial charge in [0.1, 0.15) is 11.7 Å². The number of ether oxygens (including phenoxy) is 1. The van der Waals surface area contributed by atoms with Crippen molar-refractivity contribution in [2.75, 3.05) is 7.11 Å². The summed E-state index contributed by atoms with van der Waals surface area (Å²) in [6.07, 6.45) is 4.89. The first-order valence-electron chi connectivity index (χ1n) is 7.99. The van der Waals surface area contributed by atoms with E-state index in [4.69, 9.17) is 4.74 Å². The second-order valence-electron chi connectivity index (χ2n) is 6.11. The second-order valence-corrected chi connectivity index (χ2v) is 6.11. The Bertz CT molecular complexity index is 801. The largest absolute Gasteiger partial charge is 0.467 e. The Kier molecular flexibility index (Phi) is 6.05. The first kappa shape index (κ1) is 19.1. The molecule has 0 aliphatic rings. The predicted molar refractivity (Wildman–Crippen MR) is 92.9 cm³/mol. The van der Waals surface area contributed by atoms with Gasteiger partial charge in [-0.1, -0.05) is 13.8 Å². The van der Waals surface area contributed by atoms with E-state index >= 15 is 0 Å². The van der Waals surface area contributed by atoms with Crippen LogP contribution in [0.1, 0.15) is 30.6 Å². The standard InChI is InChI=1S/C17H20N4O5/c1-11(2)8-13(17(23)26-3)19-16(22)12-4-5-14(15(9-12)21(24)25)20-7-6-18-10-20/h4-7,9-11,13H,8H2,1-3H3,(H,19,22). The third-order valence-corrected chi connectivity index (χ3v) is 3.72. The molecule has 0 fully saturated rings. The lowest BCUT2D eigenvalue weighted by molar-refractivity contribution is -0.384. The first-order chi connectivity index (χ1) is 12.3. The molecule has 0 saturated carbocycles. The Morgan fingerprint density at radius 2 is 2.12 bits per heavy atom. The number of esters is 1. The molecule has 9 nitrogen and oxygen atoms in total. The maximum absolute atomic E-state index is 12.5. The zero-order valence-electron chi connectivity index (χ0n) is 14.7. The Balaban J connectivity index is 2.30. The molecule has 0 spiro atoms. The van der Waals surface area contributed by atoms with Crippen LogP contribution < -0.4 is 5.32 Å². The predicted octanol–water partition coefficient (Wildman–Crippen LogP) is 2.10. The highest BCUT2D eigenvalue weighted by molar-refractivity contribution is 5.97. The Morgan fingerprint density at radius 1 is 1.38 bits per heavy atom. The summed E-state index contributed by atoms with van der Waals surface area (Å²) < 4.78 is 6.19. The van der Waals surface area contributed by atoms with E-state index in [-0.39, 0.29) is 22.9 Å². The number of hydrogen-bond acceptors (Lipinski definition) is 6. The first-order valence-corrected chi connectivity index (χ1v) is 7.99. The molecule has 1 aromatic carbocycles.